The molecule has 0 bridgehead atoms. The molecule has 3 rings (SSSR count). The highest BCUT2D eigenvalue weighted by molar-refractivity contribution is 7.80. The Morgan fingerprint density at radius 3 is 2.34 bits per heavy atom. The van der Waals surface area contributed by atoms with Crippen molar-refractivity contribution in [1.82, 2.24) is 10.6 Å². The third-order valence-electron chi connectivity index (χ3n) is 7.65. The largest absolute Gasteiger partial charge is 0.508 e. The number of benzene rings is 1. The SMILES string of the molecule is CNC(=S)N[C@@H]1C[C@H]2C(C)(C)CCC[C@]2(C)[C@@H](C(=O)c2cc(O)cc(O)c2)[C@@H]1C. The molecule has 2 aliphatic rings. The monoisotopic (exact) mass is 418 g/mol. The molecule has 1 aromatic carbocycles. The summed E-state index contributed by atoms with van der Waals surface area (Å²) in [4.78, 5) is 13.8. The first kappa shape index (κ1) is 21.9. The minimum Gasteiger partial charge on any atom is -0.508 e. The quantitative estimate of drug-likeness (QED) is 0.434. The first-order valence-electron chi connectivity index (χ1n) is 10.5. The van der Waals surface area contributed by atoms with E-state index in [1.165, 1.54) is 18.2 Å². The fourth-order valence-electron chi connectivity index (χ4n) is 6.31. The van der Waals surface area contributed by atoms with E-state index in [1.54, 1.807) is 7.05 Å². The number of carbonyl (C=O) groups is 1. The van der Waals surface area contributed by atoms with Crippen LogP contribution in [0.5, 0.6) is 11.5 Å². The molecule has 4 N–H and O–H groups in total. The van der Waals surface area contributed by atoms with Crippen LogP contribution in [0.1, 0.15) is 63.7 Å². The van der Waals surface area contributed by atoms with Gasteiger partial charge in [-0.3, -0.25) is 4.79 Å². The van der Waals surface area contributed by atoms with Crippen molar-refractivity contribution in [3.63, 3.8) is 0 Å². The van der Waals surface area contributed by atoms with E-state index < -0.39 is 0 Å². The zero-order valence-corrected chi connectivity index (χ0v) is 18.9. The van der Waals surface area contributed by atoms with Crippen molar-refractivity contribution < 1.29 is 15.0 Å². The third-order valence-corrected chi connectivity index (χ3v) is 7.97. The van der Waals surface area contributed by atoms with Gasteiger partial charge in [0.1, 0.15) is 11.5 Å². The standard InChI is InChI=1S/C23H34N2O3S/c1-13-17(25-21(29)24-5)12-18-22(2,3)7-6-8-23(18,4)19(13)20(28)14-9-15(26)11-16(27)10-14/h9-11,13,17-19,26-27H,6-8,12H2,1-5H3,(H2,24,25,29)/t13-,17-,18+,19-,23+/m1/s1. The number of hydrogen-bond acceptors (Lipinski definition) is 4. The number of rotatable bonds is 3. The van der Waals surface area contributed by atoms with Gasteiger partial charge in [-0.05, 0) is 66.3 Å². The summed E-state index contributed by atoms with van der Waals surface area (Å²) in [6, 6.07) is 4.28. The number of thiocarbonyl (C=S) groups is 1. The van der Waals surface area contributed by atoms with Crippen molar-refractivity contribution in [2.75, 3.05) is 7.05 Å². The van der Waals surface area contributed by atoms with Gasteiger partial charge in [-0.15, -0.1) is 0 Å². The first-order valence-corrected chi connectivity index (χ1v) is 11.0. The predicted molar refractivity (Wildman–Crippen MR) is 119 cm³/mol. The molecule has 0 radical (unpaired) electrons. The topological polar surface area (TPSA) is 81.6 Å². The maximum Gasteiger partial charge on any atom is 0.167 e. The molecule has 1 aromatic rings. The number of phenols is 2. The summed E-state index contributed by atoms with van der Waals surface area (Å²) in [5.74, 6) is 0.0300. The second kappa shape index (κ2) is 7.78. The van der Waals surface area contributed by atoms with Crippen LogP contribution in [0, 0.1) is 28.6 Å². The van der Waals surface area contributed by atoms with Crippen LogP contribution in [-0.2, 0) is 0 Å². The number of fused-ring (bicyclic) bond motifs is 1. The number of aromatic hydroxyl groups is 2. The molecule has 0 aliphatic heterocycles. The van der Waals surface area contributed by atoms with Crippen molar-refractivity contribution in [2.45, 2.75) is 59.4 Å². The van der Waals surface area contributed by atoms with Crippen LogP contribution < -0.4 is 10.6 Å². The molecule has 6 heteroatoms. The van der Waals surface area contributed by atoms with Crippen molar-refractivity contribution in [2.24, 2.45) is 28.6 Å². The summed E-state index contributed by atoms with van der Waals surface area (Å²) in [6.45, 7) is 9.04. The molecule has 160 valence electrons. The van der Waals surface area contributed by atoms with E-state index in [4.69, 9.17) is 12.2 Å². The second-order valence-electron chi connectivity index (χ2n) is 9.91. The molecule has 0 amide bonds. The highest BCUT2D eigenvalue weighted by Gasteiger charge is 2.58. The molecule has 0 unspecified atom stereocenters. The van der Waals surface area contributed by atoms with E-state index in [0.717, 1.165) is 25.7 Å². The lowest BCUT2D eigenvalue weighted by Crippen LogP contribution is -2.61. The second-order valence-corrected chi connectivity index (χ2v) is 10.3. The normalized spacial score (nSPS) is 33.4. The average molecular weight is 419 g/mol. The minimum absolute atomic E-state index is 0.00391. The van der Waals surface area contributed by atoms with E-state index in [1.807, 2.05) is 0 Å². The van der Waals surface area contributed by atoms with Crippen molar-refractivity contribution in [1.29, 1.82) is 0 Å². The molecule has 2 fully saturated rings. The Balaban J connectivity index is 2.06. The number of phenolic OH excluding ortho intramolecular Hbond substituents is 2. The zero-order valence-electron chi connectivity index (χ0n) is 18.1. The minimum atomic E-state index is -0.223. The smallest absolute Gasteiger partial charge is 0.167 e. The van der Waals surface area contributed by atoms with Crippen LogP contribution in [-0.4, -0.2) is 34.2 Å². The number of Topliss-reactive ketones (excluding diaryl/α,β-unsaturated/α-hetero) is 1. The Labute approximate surface area is 179 Å². The maximum atomic E-state index is 13.8. The maximum absolute atomic E-state index is 13.8. The predicted octanol–water partition coefficient (Wildman–Crippen LogP) is 4.23. The molecule has 0 saturated heterocycles. The van der Waals surface area contributed by atoms with Crippen LogP contribution >= 0.6 is 12.2 Å². The van der Waals surface area contributed by atoms with Crippen molar-refractivity contribution in [3.05, 3.63) is 23.8 Å². The molecule has 0 aromatic heterocycles. The summed E-state index contributed by atoms with van der Waals surface area (Å²) in [5.41, 5.74) is 0.367. The van der Waals surface area contributed by atoms with Gasteiger partial charge in [-0.25, -0.2) is 0 Å². The summed E-state index contributed by atoms with van der Waals surface area (Å²) in [5, 5.41) is 26.9. The summed E-state index contributed by atoms with van der Waals surface area (Å²) in [6.07, 6.45) is 4.24. The van der Waals surface area contributed by atoms with Gasteiger partial charge in [0, 0.05) is 30.6 Å². The Hall–Kier alpha value is -1.82. The van der Waals surface area contributed by atoms with Gasteiger partial charge in [-0.1, -0.05) is 34.1 Å². The van der Waals surface area contributed by atoms with Crippen LogP contribution in [0.2, 0.25) is 0 Å². The third kappa shape index (κ3) is 3.96. The zero-order chi connectivity index (χ0) is 21.6. The molecule has 29 heavy (non-hydrogen) atoms. The van der Waals surface area contributed by atoms with Gasteiger partial charge >= 0.3 is 0 Å². The van der Waals surface area contributed by atoms with Crippen LogP contribution in [0.15, 0.2) is 18.2 Å². The molecule has 0 heterocycles. The van der Waals surface area contributed by atoms with Gasteiger partial charge in [0.2, 0.25) is 0 Å². The lowest BCUT2D eigenvalue weighted by atomic mass is 9.45. The van der Waals surface area contributed by atoms with Gasteiger partial charge in [0.25, 0.3) is 0 Å². The molecule has 2 saturated carbocycles. The number of nitrogens with one attached hydrogen (secondary N) is 2. The molecular formula is C23H34N2O3S. The molecule has 0 spiro atoms. The number of carbonyl (C=O) groups excluding carboxylic acids is 1. The van der Waals surface area contributed by atoms with Crippen LogP contribution in [0.4, 0.5) is 0 Å². The highest BCUT2D eigenvalue weighted by Crippen LogP contribution is 2.61. The fraction of sp³-hybridized carbons (Fsp3) is 0.652. The lowest BCUT2D eigenvalue weighted by molar-refractivity contribution is -0.0891. The Bertz CT molecular complexity index is 789. The van der Waals surface area contributed by atoms with Crippen molar-refractivity contribution >= 4 is 23.1 Å². The Kier molecular flexibility index (Phi) is 5.87. The number of ketones is 1. The highest BCUT2D eigenvalue weighted by atomic mass is 32.1. The van der Waals surface area contributed by atoms with E-state index >= 15 is 0 Å². The molecule has 5 nitrogen and oxygen atoms in total. The summed E-state index contributed by atoms with van der Waals surface area (Å²) >= 11 is 5.38. The fourth-order valence-corrected chi connectivity index (χ4v) is 6.47. The van der Waals surface area contributed by atoms with Gasteiger partial charge in [0.15, 0.2) is 10.9 Å². The Morgan fingerprint density at radius 1 is 1.14 bits per heavy atom. The molecular weight excluding hydrogens is 384 g/mol. The van der Waals surface area contributed by atoms with E-state index in [2.05, 4.69) is 38.3 Å². The van der Waals surface area contributed by atoms with Gasteiger partial charge < -0.3 is 20.8 Å². The van der Waals surface area contributed by atoms with E-state index in [0.29, 0.717) is 16.6 Å². The number of hydrogen-bond donors (Lipinski definition) is 4. The van der Waals surface area contributed by atoms with Gasteiger partial charge in [-0.2, -0.15) is 0 Å². The Morgan fingerprint density at radius 2 is 1.76 bits per heavy atom. The van der Waals surface area contributed by atoms with E-state index in [-0.39, 0.29) is 46.0 Å². The molecule has 2 aliphatic carbocycles. The lowest BCUT2D eigenvalue weighted by Gasteiger charge is -2.60. The van der Waals surface area contributed by atoms with Crippen LogP contribution in [0.25, 0.3) is 0 Å². The van der Waals surface area contributed by atoms with Gasteiger partial charge in [0.05, 0.1) is 0 Å². The molecule has 5 atom stereocenters. The van der Waals surface area contributed by atoms with E-state index in [9.17, 15) is 15.0 Å². The van der Waals surface area contributed by atoms with Crippen molar-refractivity contribution in [3.8, 4) is 11.5 Å². The van der Waals surface area contributed by atoms with Crippen LogP contribution in [0.3, 0.4) is 0 Å². The summed E-state index contributed by atoms with van der Waals surface area (Å²) < 4.78 is 0. The average Bonchev–Trinajstić information content (AvgIpc) is 2.61. The first-order chi connectivity index (χ1) is 13.5. The summed E-state index contributed by atoms with van der Waals surface area (Å²) in [7, 11) is 1.80.